The molecular weight excluding hydrogens is 424 g/mol. The van der Waals surface area contributed by atoms with E-state index in [9.17, 15) is 9.59 Å². The summed E-state index contributed by atoms with van der Waals surface area (Å²) in [5.74, 6) is -0.106. The van der Waals surface area contributed by atoms with Crippen LogP contribution in [0.15, 0.2) is 90.6 Å². The molecule has 1 aliphatic heterocycles. The zero-order valence-electron chi connectivity index (χ0n) is 17.6. The molecule has 1 N–H and O–H groups in total. The van der Waals surface area contributed by atoms with Crippen molar-refractivity contribution < 1.29 is 14.3 Å². The van der Waals surface area contributed by atoms with Crippen molar-refractivity contribution in [2.75, 3.05) is 16.8 Å². The normalized spacial score (nSPS) is 16.6. The van der Waals surface area contributed by atoms with Crippen LogP contribution in [0.3, 0.4) is 0 Å². The van der Waals surface area contributed by atoms with Gasteiger partial charge in [0.2, 0.25) is 0 Å². The van der Waals surface area contributed by atoms with Crippen molar-refractivity contribution >= 4 is 34.9 Å². The molecule has 4 rings (SSSR count). The van der Waals surface area contributed by atoms with Gasteiger partial charge in [0.15, 0.2) is 5.78 Å². The second-order valence-corrected chi connectivity index (χ2v) is 7.82. The standard InChI is InChI=1S/C26H23ClN2O3/c1-2-32-26(31)29-23-11-7-6-10-22(23)28-21(17-25(30)19-8-4-3-5-9-19)16-24(29)18-12-14-20(27)15-13-18/h3-15,17,24,28H,2,16H2,1H3/b21-17+. The molecule has 1 unspecified atom stereocenters. The Balaban J connectivity index is 1.82. The Morgan fingerprint density at radius 1 is 1.03 bits per heavy atom. The number of carbonyl (C=O) groups excluding carboxylic acids is 2. The highest BCUT2D eigenvalue weighted by Crippen LogP contribution is 2.41. The first kappa shape index (κ1) is 21.7. The third kappa shape index (κ3) is 4.68. The number of hydrogen-bond donors (Lipinski definition) is 1. The number of carbonyl (C=O) groups is 2. The summed E-state index contributed by atoms with van der Waals surface area (Å²) in [6.07, 6.45) is 1.55. The number of hydrogen-bond acceptors (Lipinski definition) is 4. The molecule has 6 heteroatoms. The highest BCUT2D eigenvalue weighted by Gasteiger charge is 2.33. The van der Waals surface area contributed by atoms with E-state index < -0.39 is 12.1 Å². The smallest absolute Gasteiger partial charge is 0.414 e. The number of ketones is 1. The topological polar surface area (TPSA) is 58.6 Å². The lowest BCUT2D eigenvalue weighted by Gasteiger charge is -2.30. The second kappa shape index (κ2) is 9.71. The third-order valence-electron chi connectivity index (χ3n) is 5.27. The summed E-state index contributed by atoms with van der Waals surface area (Å²) in [5, 5.41) is 3.97. The zero-order valence-corrected chi connectivity index (χ0v) is 18.4. The molecule has 0 bridgehead atoms. The van der Waals surface area contributed by atoms with Crippen molar-refractivity contribution in [3.63, 3.8) is 0 Å². The second-order valence-electron chi connectivity index (χ2n) is 7.38. The van der Waals surface area contributed by atoms with Crippen molar-refractivity contribution in [2.45, 2.75) is 19.4 Å². The van der Waals surface area contributed by atoms with E-state index in [0.29, 0.717) is 28.4 Å². The van der Waals surface area contributed by atoms with Crippen LogP contribution >= 0.6 is 11.6 Å². The number of ether oxygens (including phenoxy) is 1. The fourth-order valence-corrected chi connectivity index (χ4v) is 3.92. The molecule has 0 fully saturated rings. The molecule has 0 spiro atoms. The molecule has 0 saturated heterocycles. The minimum absolute atomic E-state index is 0.106. The molecule has 1 heterocycles. The molecule has 3 aromatic carbocycles. The molecule has 0 aliphatic carbocycles. The fourth-order valence-electron chi connectivity index (χ4n) is 3.79. The maximum atomic E-state index is 13.1. The lowest BCUT2D eigenvalue weighted by molar-refractivity contribution is 0.104. The fraction of sp³-hybridized carbons (Fsp3) is 0.154. The van der Waals surface area contributed by atoms with Crippen LogP contribution < -0.4 is 10.2 Å². The van der Waals surface area contributed by atoms with Crippen LogP contribution in [0.5, 0.6) is 0 Å². The monoisotopic (exact) mass is 446 g/mol. The van der Waals surface area contributed by atoms with Gasteiger partial charge in [0.25, 0.3) is 0 Å². The molecule has 0 radical (unpaired) electrons. The van der Waals surface area contributed by atoms with E-state index in [0.717, 1.165) is 11.3 Å². The molecule has 32 heavy (non-hydrogen) atoms. The number of amides is 1. The van der Waals surface area contributed by atoms with Gasteiger partial charge >= 0.3 is 6.09 Å². The summed E-state index contributed by atoms with van der Waals surface area (Å²) in [6.45, 7) is 2.04. The van der Waals surface area contributed by atoms with Crippen molar-refractivity contribution in [1.29, 1.82) is 0 Å². The van der Waals surface area contributed by atoms with Crippen LogP contribution in [0.25, 0.3) is 0 Å². The Labute approximate surface area is 192 Å². The SMILES string of the molecule is CCOC(=O)N1c2ccccc2N/C(=C/C(=O)c2ccccc2)CC1c1ccc(Cl)cc1. The van der Waals surface area contributed by atoms with Crippen molar-refractivity contribution in [1.82, 2.24) is 0 Å². The van der Waals surface area contributed by atoms with E-state index in [4.69, 9.17) is 16.3 Å². The Hall–Kier alpha value is -3.57. The van der Waals surface area contributed by atoms with Crippen LogP contribution in [0, 0.1) is 0 Å². The summed E-state index contributed by atoms with van der Waals surface area (Å²) in [6, 6.07) is 23.6. The number of rotatable bonds is 4. The third-order valence-corrected chi connectivity index (χ3v) is 5.52. The molecule has 0 saturated carbocycles. The minimum Gasteiger partial charge on any atom is -0.449 e. The van der Waals surface area contributed by atoms with E-state index >= 15 is 0 Å². The van der Waals surface area contributed by atoms with E-state index in [-0.39, 0.29) is 12.4 Å². The van der Waals surface area contributed by atoms with Crippen LogP contribution in [0.4, 0.5) is 16.2 Å². The lowest BCUT2D eigenvalue weighted by Crippen LogP contribution is -2.35. The van der Waals surface area contributed by atoms with Gasteiger partial charge in [0.1, 0.15) is 0 Å². The number of halogens is 1. The van der Waals surface area contributed by atoms with Crippen molar-refractivity contribution in [3.8, 4) is 0 Å². The van der Waals surface area contributed by atoms with Gasteiger partial charge < -0.3 is 10.1 Å². The van der Waals surface area contributed by atoms with E-state index in [1.807, 2.05) is 54.6 Å². The van der Waals surface area contributed by atoms with E-state index in [1.165, 1.54) is 0 Å². The molecule has 1 atom stereocenters. The Morgan fingerprint density at radius 2 is 1.72 bits per heavy atom. The van der Waals surface area contributed by atoms with Crippen LogP contribution in [-0.2, 0) is 4.74 Å². The Morgan fingerprint density at radius 3 is 2.44 bits per heavy atom. The van der Waals surface area contributed by atoms with Crippen LogP contribution in [0.1, 0.15) is 35.3 Å². The van der Waals surface area contributed by atoms with Gasteiger partial charge in [-0.3, -0.25) is 9.69 Å². The molecule has 3 aromatic rings. The van der Waals surface area contributed by atoms with E-state index in [1.54, 1.807) is 42.2 Å². The summed E-state index contributed by atoms with van der Waals surface area (Å²) < 4.78 is 5.40. The number of fused-ring (bicyclic) bond motifs is 1. The first-order chi connectivity index (χ1) is 15.6. The van der Waals surface area contributed by atoms with Gasteiger partial charge in [0.05, 0.1) is 24.0 Å². The Kier molecular flexibility index (Phi) is 6.57. The molecule has 1 aliphatic rings. The van der Waals surface area contributed by atoms with Gasteiger partial charge in [-0.05, 0) is 36.8 Å². The number of allylic oxidation sites excluding steroid dienone is 1. The predicted molar refractivity (Wildman–Crippen MR) is 127 cm³/mol. The molecule has 1 amide bonds. The summed E-state index contributed by atoms with van der Waals surface area (Å²) in [4.78, 5) is 27.6. The largest absolute Gasteiger partial charge is 0.449 e. The van der Waals surface area contributed by atoms with Gasteiger partial charge in [-0.25, -0.2) is 4.79 Å². The number of nitrogens with zero attached hydrogens (tertiary/aromatic N) is 1. The number of anilines is 2. The average Bonchev–Trinajstić information content (AvgIpc) is 2.97. The molecule has 5 nitrogen and oxygen atoms in total. The predicted octanol–water partition coefficient (Wildman–Crippen LogP) is 6.63. The van der Waals surface area contributed by atoms with Gasteiger partial charge in [-0.1, -0.05) is 66.2 Å². The maximum absolute atomic E-state index is 13.1. The number of para-hydroxylation sites is 2. The quantitative estimate of drug-likeness (QED) is 0.361. The zero-order chi connectivity index (χ0) is 22.5. The average molecular weight is 447 g/mol. The maximum Gasteiger partial charge on any atom is 0.414 e. The van der Waals surface area contributed by atoms with Crippen LogP contribution in [0.2, 0.25) is 5.02 Å². The van der Waals surface area contributed by atoms with E-state index in [2.05, 4.69) is 5.32 Å². The lowest BCUT2D eigenvalue weighted by atomic mass is 9.99. The molecule has 162 valence electrons. The minimum atomic E-state index is -0.447. The van der Waals surface area contributed by atoms with Gasteiger partial charge in [-0.15, -0.1) is 0 Å². The Bertz CT molecular complexity index is 1140. The molecule has 0 aromatic heterocycles. The van der Waals surface area contributed by atoms with Crippen molar-refractivity contribution in [3.05, 3.63) is 107 Å². The number of benzene rings is 3. The summed E-state index contributed by atoms with van der Waals surface area (Å²) >= 11 is 6.10. The summed E-state index contributed by atoms with van der Waals surface area (Å²) in [5.41, 5.74) is 3.60. The van der Waals surface area contributed by atoms with Gasteiger partial charge in [-0.2, -0.15) is 0 Å². The first-order valence-electron chi connectivity index (χ1n) is 10.4. The van der Waals surface area contributed by atoms with Crippen LogP contribution in [-0.4, -0.2) is 18.5 Å². The highest BCUT2D eigenvalue weighted by molar-refractivity contribution is 6.30. The van der Waals surface area contributed by atoms with Crippen molar-refractivity contribution in [2.24, 2.45) is 0 Å². The summed E-state index contributed by atoms with van der Waals surface area (Å²) in [7, 11) is 0. The molecular formula is C26H23ClN2O3. The number of nitrogens with one attached hydrogen (secondary N) is 1. The van der Waals surface area contributed by atoms with Gasteiger partial charge in [0, 0.05) is 28.8 Å². The highest BCUT2D eigenvalue weighted by atomic mass is 35.5. The first-order valence-corrected chi connectivity index (χ1v) is 10.8.